The molecule has 1 heterocycles. The molecule has 7 heteroatoms. The van der Waals surface area contributed by atoms with Crippen molar-refractivity contribution in [3.05, 3.63) is 29.8 Å². The van der Waals surface area contributed by atoms with Gasteiger partial charge in [0.2, 0.25) is 5.91 Å². The average molecular weight is 604 g/mol. The summed E-state index contributed by atoms with van der Waals surface area (Å²) in [5.41, 5.74) is 1.29. The zero-order valence-corrected chi connectivity index (χ0v) is 27.4. The fourth-order valence-corrected chi connectivity index (χ4v) is 5.81. The van der Waals surface area contributed by atoms with Crippen molar-refractivity contribution >= 4 is 12.1 Å². The van der Waals surface area contributed by atoms with E-state index in [-0.39, 0.29) is 18.9 Å². The third kappa shape index (κ3) is 17.6. The van der Waals surface area contributed by atoms with Crippen LogP contribution in [-0.4, -0.2) is 54.2 Å². The normalized spacial score (nSPS) is 15.6. The van der Waals surface area contributed by atoms with Gasteiger partial charge in [-0.2, -0.15) is 0 Å². The van der Waals surface area contributed by atoms with Gasteiger partial charge in [-0.25, -0.2) is 4.79 Å². The minimum Gasteiger partial charge on any atom is -0.470 e. The van der Waals surface area contributed by atoms with Gasteiger partial charge in [0.25, 0.3) is 0 Å². The summed E-state index contributed by atoms with van der Waals surface area (Å²) in [6.45, 7) is 5.89. The molecule has 0 bridgehead atoms. The lowest BCUT2D eigenvalue weighted by molar-refractivity contribution is -0.135. The smallest absolute Gasteiger partial charge is 0.470 e. The van der Waals surface area contributed by atoms with Gasteiger partial charge in [-0.1, -0.05) is 129 Å². The predicted molar refractivity (Wildman–Crippen MR) is 174 cm³/mol. The number of unbranched alkanes of at least 4 members (excludes halogenated alkanes) is 16. The number of likely N-dealkylation sites (tertiary alicyclic amines) is 1. The summed E-state index contributed by atoms with van der Waals surface area (Å²) in [6, 6.07) is 8.16. The first-order chi connectivity index (χ1) is 21.0. The molecular weight excluding hydrogens is 542 g/mol. The Labute approximate surface area is 262 Å². The number of carboxylic acid groups (broad SMARTS) is 1. The molecule has 0 aliphatic carbocycles. The topological polar surface area (TPSA) is 85.3 Å². The highest BCUT2D eigenvalue weighted by atomic mass is 16.7. The number of amides is 1. The Balaban J connectivity index is 1.72. The lowest BCUT2D eigenvalue weighted by Gasteiger charge is -2.28. The maximum Gasteiger partial charge on any atom is 0.506 e. The minimum atomic E-state index is -1.36. The van der Waals surface area contributed by atoms with E-state index >= 15 is 0 Å². The van der Waals surface area contributed by atoms with Crippen LogP contribution < -0.4 is 4.74 Å². The zero-order valence-electron chi connectivity index (χ0n) is 27.4. The van der Waals surface area contributed by atoms with Crippen molar-refractivity contribution in [2.75, 3.05) is 19.8 Å². The summed E-state index contributed by atoms with van der Waals surface area (Å²) in [4.78, 5) is 25.4. The zero-order chi connectivity index (χ0) is 31.0. The average Bonchev–Trinajstić information content (AvgIpc) is 3.35. The van der Waals surface area contributed by atoms with Crippen molar-refractivity contribution in [1.82, 2.24) is 4.90 Å². The van der Waals surface area contributed by atoms with E-state index in [1.165, 1.54) is 115 Å². The van der Waals surface area contributed by atoms with E-state index in [2.05, 4.69) is 26.0 Å². The van der Waals surface area contributed by atoms with Gasteiger partial charge in [-0.3, -0.25) is 4.79 Å². The van der Waals surface area contributed by atoms with Gasteiger partial charge in [-0.05, 0) is 37.0 Å². The van der Waals surface area contributed by atoms with Crippen LogP contribution in [0.4, 0.5) is 4.79 Å². The lowest BCUT2D eigenvalue weighted by atomic mass is 10.0. The highest BCUT2D eigenvalue weighted by molar-refractivity contribution is 5.79. The molecule has 1 aromatic carbocycles. The van der Waals surface area contributed by atoms with Crippen LogP contribution in [0.1, 0.15) is 148 Å². The summed E-state index contributed by atoms with van der Waals surface area (Å²) >= 11 is 0. The molecule has 43 heavy (non-hydrogen) atoms. The molecule has 2 rings (SSSR count). The summed E-state index contributed by atoms with van der Waals surface area (Å²) in [6.07, 6.45) is 22.4. The first-order valence-electron chi connectivity index (χ1n) is 17.6. The fraction of sp³-hybridized carbons (Fsp3) is 0.778. The molecular formula is C36H61NO6. The standard InChI is InChI=1S/C36H61NO6/c1-3-5-7-9-11-12-13-14-16-18-20-27-41-28-26-35(37-30-33(29-34(37)38)43-36(39)40)42-32-24-22-31(23-25-32)21-19-17-15-10-8-6-4-2/h22-25,33,35H,3-21,26-30H2,1-2H3,(H,39,40). The number of benzene rings is 1. The largest absolute Gasteiger partial charge is 0.506 e. The van der Waals surface area contributed by atoms with Gasteiger partial charge < -0.3 is 24.2 Å². The second-order valence-electron chi connectivity index (χ2n) is 12.3. The molecule has 0 spiro atoms. The van der Waals surface area contributed by atoms with Crippen LogP contribution in [0.15, 0.2) is 24.3 Å². The van der Waals surface area contributed by atoms with Crippen LogP contribution in [0.5, 0.6) is 5.75 Å². The maximum absolute atomic E-state index is 12.8. The maximum atomic E-state index is 12.8. The van der Waals surface area contributed by atoms with Crippen LogP contribution in [0.2, 0.25) is 0 Å². The van der Waals surface area contributed by atoms with E-state index in [0.29, 0.717) is 25.4 Å². The SMILES string of the molecule is CCCCCCCCCCCCCOCCC(Oc1ccc(CCCCCCCCC)cc1)N1CC(OC(=O)O)CC1=O. The fourth-order valence-electron chi connectivity index (χ4n) is 5.81. The summed E-state index contributed by atoms with van der Waals surface area (Å²) in [7, 11) is 0. The van der Waals surface area contributed by atoms with E-state index in [9.17, 15) is 9.59 Å². The summed E-state index contributed by atoms with van der Waals surface area (Å²) in [5.74, 6) is 0.547. The van der Waals surface area contributed by atoms with Gasteiger partial charge in [0.1, 0.15) is 11.9 Å². The van der Waals surface area contributed by atoms with Crippen molar-refractivity contribution in [2.45, 2.75) is 161 Å². The van der Waals surface area contributed by atoms with E-state index in [0.717, 1.165) is 12.8 Å². The van der Waals surface area contributed by atoms with E-state index in [1.54, 1.807) is 4.90 Å². The second-order valence-corrected chi connectivity index (χ2v) is 12.3. The van der Waals surface area contributed by atoms with Crippen LogP contribution in [0, 0.1) is 0 Å². The quantitative estimate of drug-likeness (QED) is 0.0796. The molecule has 1 saturated heterocycles. The Bertz CT molecular complexity index is 845. The van der Waals surface area contributed by atoms with Crippen LogP contribution >= 0.6 is 0 Å². The number of rotatable bonds is 27. The second kappa shape index (κ2) is 24.1. The van der Waals surface area contributed by atoms with Crippen LogP contribution in [-0.2, 0) is 20.7 Å². The monoisotopic (exact) mass is 603 g/mol. The molecule has 0 aromatic heterocycles. The third-order valence-electron chi connectivity index (χ3n) is 8.40. The molecule has 1 fully saturated rings. The molecule has 0 radical (unpaired) electrons. The first kappa shape index (κ1) is 36.9. The van der Waals surface area contributed by atoms with E-state index in [4.69, 9.17) is 19.3 Å². The third-order valence-corrected chi connectivity index (χ3v) is 8.40. The van der Waals surface area contributed by atoms with Gasteiger partial charge >= 0.3 is 6.16 Å². The molecule has 7 nitrogen and oxygen atoms in total. The molecule has 1 aliphatic rings. The highest BCUT2D eigenvalue weighted by Gasteiger charge is 2.37. The molecule has 2 atom stereocenters. The number of ether oxygens (including phenoxy) is 3. The lowest BCUT2D eigenvalue weighted by Crippen LogP contribution is -2.42. The Morgan fingerprint density at radius 2 is 1.33 bits per heavy atom. The van der Waals surface area contributed by atoms with Crippen LogP contribution in [0.25, 0.3) is 0 Å². The van der Waals surface area contributed by atoms with Crippen molar-refractivity contribution < 1.29 is 28.9 Å². The van der Waals surface area contributed by atoms with Gasteiger partial charge in [-0.15, -0.1) is 0 Å². The molecule has 1 aliphatic heterocycles. The number of aryl methyl sites for hydroxylation is 1. The molecule has 1 amide bonds. The summed E-state index contributed by atoms with van der Waals surface area (Å²) < 4.78 is 17.1. The minimum absolute atomic E-state index is 0.0448. The van der Waals surface area contributed by atoms with Crippen molar-refractivity contribution in [3.8, 4) is 5.75 Å². The van der Waals surface area contributed by atoms with E-state index in [1.807, 2.05) is 12.1 Å². The Morgan fingerprint density at radius 1 is 0.791 bits per heavy atom. The number of carbonyl (C=O) groups is 2. The first-order valence-corrected chi connectivity index (χ1v) is 17.6. The Morgan fingerprint density at radius 3 is 1.88 bits per heavy atom. The number of carbonyl (C=O) groups excluding carboxylic acids is 1. The number of nitrogens with zero attached hydrogens (tertiary/aromatic N) is 1. The molecule has 1 N–H and O–H groups in total. The van der Waals surface area contributed by atoms with Crippen molar-refractivity contribution in [1.29, 1.82) is 0 Å². The molecule has 0 saturated carbocycles. The van der Waals surface area contributed by atoms with Crippen LogP contribution in [0.3, 0.4) is 0 Å². The number of hydrogen-bond acceptors (Lipinski definition) is 5. The Hall–Kier alpha value is -2.28. The Kier molecular flexibility index (Phi) is 20.7. The predicted octanol–water partition coefficient (Wildman–Crippen LogP) is 9.70. The van der Waals surface area contributed by atoms with Gasteiger partial charge in [0.15, 0.2) is 6.23 Å². The van der Waals surface area contributed by atoms with Crippen molar-refractivity contribution in [2.24, 2.45) is 0 Å². The van der Waals surface area contributed by atoms with Gasteiger partial charge in [0.05, 0.1) is 19.6 Å². The van der Waals surface area contributed by atoms with Gasteiger partial charge in [0, 0.05) is 13.0 Å². The summed E-state index contributed by atoms with van der Waals surface area (Å²) in [5, 5.41) is 9.01. The molecule has 1 aromatic rings. The highest BCUT2D eigenvalue weighted by Crippen LogP contribution is 2.24. The molecule has 2 unspecified atom stereocenters. The number of hydrogen-bond donors (Lipinski definition) is 1. The van der Waals surface area contributed by atoms with E-state index < -0.39 is 18.5 Å². The molecule has 246 valence electrons. The van der Waals surface area contributed by atoms with Crippen molar-refractivity contribution in [3.63, 3.8) is 0 Å².